The quantitative estimate of drug-likeness (QED) is 0.540. The Kier molecular flexibility index (Phi) is 5.91. The number of piperidine rings is 1. The molecule has 2 saturated carbocycles. The van der Waals surface area contributed by atoms with Gasteiger partial charge in [-0.15, -0.1) is 0 Å². The molecule has 178 valence electrons. The normalized spacial score (nSPS) is 29.8. The van der Waals surface area contributed by atoms with Gasteiger partial charge in [0.2, 0.25) is 11.8 Å². The number of amides is 3. The first kappa shape index (κ1) is 22.3. The Labute approximate surface area is 194 Å². The van der Waals surface area contributed by atoms with Crippen LogP contribution in [-0.2, 0) is 16.1 Å². The summed E-state index contributed by atoms with van der Waals surface area (Å²) in [6.07, 6.45) is 7.44. The molecule has 0 bridgehead atoms. The molecule has 1 unspecified atom stereocenters. The zero-order chi connectivity index (χ0) is 23.2. The Balaban J connectivity index is 1.40. The average Bonchev–Trinajstić information content (AvgIpc) is 3.58. The van der Waals surface area contributed by atoms with Crippen LogP contribution in [-0.4, -0.2) is 58.5 Å². The van der Waals surface area contributed by atoms with Gasteiger partial charge >= 0.3 is 0 Å². The predicted octanol–water partition coefficient (Wildman–Crippen LogP) is 1.69. The summed E-state index contributed by atoms with van der Waals surface area (Å²) >= 11 is 0. The second-order valence-electron chi connectivity index (χ2n) is 10.3. The van der Waals surface area contributed by atoms with Crippen molar-refractivity contribution in [2.75, 3.05) is 18.0 Å². The largest absolute Gasteiger partial charge is 0.389 e. The summed E-state index contributed by atoms with van der Waals surface area (Å²) in [5, 5.41) is 13.0. The number of nitrogens with zero attached hydrogens (tertiary/aromatic N) is 2. The van der Waals surface area contributed by atoms with Crippen LogP contribution in [0, 0.1) is 5.92 Å². The molecular formula is C25H34N4O4. The number of nitrogens with one attached hydrogen (secondary N) is 1. The van der Waals surface area contributed by atoms with Crippen LogP contribution in [0.25, 0.3) is 0 Å². The van der Waals surface area contributed by atoms with Crippen molar-refractivity contribution in [3.63, 3.8) is 0 Å². The number of aliphatic hydroxyl groups is 1. The molecule has 2 heterocycles. The molecule has 0 radical (unpaired) electrons. The first-order valence-electron chi connectivity index (χ1n) is 12.3. The number of nitrogens with two attached hydrogens (primary N) is 1. The Morgan fingerprint density at radius 1 is 1.12 bits per heavy atom. The minimum Gasteiger partial charge on any atom is -0.389 e. The van der Waals surface area contributed by atoms with Gasteiger partial charge in [-0.25, -0.2) is 0 Å². The van der Waals surface area contributed by atoms with E-state index in [1.165, 1.54) is 12.8 Å². The van der Waals surface area contributed by atoms with Crippen molar-refractivity contribution in [2.24, 2.45) is 11.7 Å². The second kappa shape index (κ2) is 8.72. The highest BCUT2D eigenvalue weighted by atomic mass is 16.3. The van der Waals surface area contributed by atoms with E-state index in [9.17, 15) is 19.5 Å². The van der Waals surface area contributed by atoms with Gasteiger partial charge in [0, 0.05) is 48.9 Å². The standard InChI is InChI=1S/C25H34N4O4/c26-15-25(33)11-8-17(9-12-25)28(13-10-16-4-5-16)20-3-1-2-18-19(20)14-29(24(18)32)21-6-7-22(30)27-23(21)31/h1-3,16-17,21,33H,4-15,26H2,(H,27,30,31)/t17-,21?,25-. The lowest BCUT2D eigenvalue weighted by Crippen LogP contribution is -2.52. The van der Waals surface area contributed by atoms with Gasteiger partial charge in [-0.1, -0.05) is 18.9 Å². The van der Waals surface area contributed by atoms with E-state index in [1.807, 2.05) is 12.1 Å². The summed E-state index contributed by atoms with van der Waals surface area (Å²) < 4.78 is 0. The SMILES string of the molecule is NC[C@]1(O)CC[C@H](N(CCC2CC2)c2cccc3c2CN(C2CCC(=O)NC2=O)C3=O)CC1. The Morgan fingerprint density at radius 3 is 2.55 bits per heavy atom. The number of benzene rings is 1. The van der Waals surface area contributed by atoms with E-state index in [4.69, 9.17) is 5.73 Å². The number of anilines is 1. The number of carbonyl (C=O) groups is 3. The zero-order valence-corrected chi connectivity index (χ0v) is 19.1. The van der Waals surface area contributed by atoms with Gasteiger partial charge in [-0.2, -0.15) is 0 Å². The molecule has 8 heteroatoms. The van der Waals surface area contributed by atoms with Gasteiger partial charge in [0.1, 0.15) is 6.04 Å². The number of rotatable bonds is 7. The van der Waals surface area contributed by atoms with Crippen molar-refractivity contribution in [2.45, 2.75) is 82.0 Å². The summed E-state index contributed by atoms with van der Waals surface area (Å²) in [6.45, 7) is 1.60. The summed E-state index contributed by atoms with van der Waals surface area (Å²) in [5.74, 6) is -0.00458. The number of hydrogen-bond donors (Lipinski definition) is 3. The van der Waals surface area contributed by atoms with E-state index >= 15 is 0 Å². The molecule has 0 spiro atoms. The molecule has 1 aromatic rings. The lowest BCUT2D eigenvalue weighted by molar-refractivity contribution is -0.136. The molecule has 5 rings (SSSR count). The van der Waals surface area contributed by atoms with Crippen molar-refractivity contribution in [1.82, 2.24) is 10.2 Å². The van der Waals surface area contributed by atoms with E-state index in [0.717, 1.165) is 43.0 Å². The third kappa shape index (κ3) is 4.38. The molecule has 1 saturated heterocycles. The highest BCUT2D eigenvalue weighted by Crippen LogP contribution is 2.40. The molecular weight excluding hydrogens is 420 g/mol. The minimum atomic E-state index is -0.768. The maximum absolute atomic E-state index is 13.3. The van der Waals surface area contributed by atoms with Gasteiger partial charge in [0.15, 0.2) is 0 Å². The van der Waals surface area contributed by atoms with E-state index in [-0.39, 0.29) is 30.7 Å². The van der Waals surface area contributed by atoms with Crippen LogP contribution in [0.1, 0.15) is 73.7 Å². The molecule has 1 aromatic carbocycles. The maximum Gasteiger partial charge on any atom is 0.255 e. The average molecular weight is 455 g/mol. The van der Waals surface area contributed by atoms with Gasteiger partial charge < -0.3 is 20.6 Å². The first-order valence-corrected chi connectivity index (χ1v) is 12.3. The highest BCUT2D eigenvalue weighted by molar-refractivity contribution is 6.06. The van der Waals surface area contributed by atoms with Gasteiger partial charge in [0.25, 0.3) is 5.91 Å². The molecule has 1 atom stereocenters. The van der Waals surface area contributed by atoms with Crippen LogP contribution < -0.4 is 16.0 Å². The van der Waals surface area contributed by atoms with Crippen LogP contribution in [0.15, 0.2) is 18.2 Å². The molecule has 3 amide bonds. The third-order valence-electron chi connectivity index (χ3n) is 8.05. The molecule has 8 nitrogen and oxygen atoms in total. The van der Waals surface area contributed by atoms with Gasteiger partial charge in [-0.05, 0) is 56.6 Å². The molecule has 4 aliphatic rings. The fourth-order valence-electron chi connectivity index (χ4n) is 5.72. The molecule has 4 N–H and O–H groups in total. The van der Waals surface area contributed by atoms with Crippen LogP contribution in [0.4, 0.5) is 5.69 Å². The summed E-state index contributed by atoms with van der Waals surface area (Å²) in [6, 6.07) is 5.56. The second-order valence-corrected chi connectivity index (χ2v) is 10.3. The fraction of sp³-hybridized carbons (Fsp3) is 0.640. The highest BCUT2D eigenvalue weighted by Gasteiger charge is 2.41. The molecule has 2 aliphatic carbocycles. The van der Waals surface area contributed by atoms with Crippen molar-refractivity contribution in [3.05, 3.63) is 29.3 Å². The van der Waals surface area contributed by atoms with E-state index < -0.39 is 11.6 Å². The number of carbonyl (C=O) groups excluding carboxylic acids is 3. The molecule has 3 fully saturated rings. The summed E-state index contributed by atoms with van der Waals surface area (Å²) in [5.41, 5.74) is 7.74. The zero-order valence-electron chi connectivity index (χ0n) is 19.1. The van der Waals surface area contributed by atoms with Crippen molar-refractivity contribution in [1.29, 1.82) is 0 Å². The fourth-order valence-corrected chi connectivity index (χ4v) is 5.72. The van der Waals surface area contributed by atoms with Crippen molar-refractivity contribution in [3.8, 4) is 0 Å². The summed E-state index contributed by atoms with van der Waals surface area (Å²) in [7, 11) is 0. The van der Waals surface area contributed by atoms with Gasteiger partial charge in [-0.3, -0.25) is 19.7 Å². The lowest BCUT2D eigenvalue weighted by Gasteiger charge is -2.42. The minimum absolute atomic E-state index is 0.135. The lowest BCUT2D eigenvalue weighted by atomic mass is 9.81. The Bertz CT molecular complexity index is 952. The van der Waals surface area contributed by atoms with Crippen LogP contribution >= 0.6 is 0 Å². The van der Waals surface area contributed by atoms with E-state index in [0.29, 0.717) is 37.4 Å². The maximum atomic E-state index is 13.3. The topological polar surface area (TPSA) is 116 Å². The Hall–Kier alpha value is -2.45. The smallest absolute Gasteiger partial charge is 0.255 e. The summed E-state index contributed by atoms with van der Waals surface area (Å²) in [4.78, 5) is 41.4. The van der Waals surface area contributed by atoms with Crippen LogP contribution in [0.2, 0.25) is 0 Å². The molecule has 33 heavy (non-hydrogen) atoms. The predicted molar refractivity (Wildman–Crippen MR) is 123 cm³/mol. The first-order chi connectivity index (χ1) is 15.9. The third-order valence-corrected chi connectivity index (χ3v) is 8.05. The number of fused-ring (bicyclic) bond motifs is 1. The molecule has 0 aromatic heterocycles. The van der Waals surface area contributed by atoms with Crippen molar-refractivity contribution >= 4 is 23.4 Å². The van der Waals surface area contributed by atoms with Crippen LogP contribution in [0.3, 0.4) is 0 Å². The number of imide groups is 1. The van der Waals surface area contributed by atoms with E-state index in [2.05, 4.69) is 16.3 Å². The van der Waals surface area contributed by atoms with E-state index in [1.54, 1.807) is 4.90 Å². The molecule has 2 aliphatic heterocycles. The number of hydrogen-bond acceptors (Lipinski definition) is 6. The van der Waals surface area contributed by atoms with Gasteiger partial charge in [0.05, 0.1) is 5.60 Å². The monoisotopic (exact) mass is 454 g/mol. The van der Waals surface area contributed by atoms with Crippen molar-refractivity contribution < 1.29 is 19.5 Å². The Morgan fingerprint density at radius 2 is 1.88 bits per heavy atom. The van der Waals surface area contributed by atoms with Crippen LogP contribution in [0.5, 0.6) is 0 Å².